The van der Waals surface area contributed by atoms with E-state index in [4.69, 9.17) is 5.73 Å². The summed E-state index contributed by atoms with van der Waals surface area (Å²) in [6.45, 7) is 2.97. The van der Waals surface area contributed by atoms with Crippen LogP contribution in [-0.2, 0) is 6.54 Å². The second-order valence-corrected chi connectivity index (χ2v) is 6.26. The number of piperidine rings is 1. The van der Waals surface area contributed by atoms with E-state index >= 15 is 0 Å². The number of anilines is 1. The molecule has 0 aromatic carbocycles. The van der Waals surface area contributed by atoms with Crippen molar-refractivity contribution in [3.8, 4) is 0 Å². The molecule has 2 heterocycles. The van der Waals surface area contributed by atoms with Gasteiger partial charge in [0.1, 0.15) is 0 Å². The van der Waals surface area contributed by atoms with E-state index in [1.54, 1.807) is 0 Å². The van der Waals surface area contributed by atoms with Crippen molar-refractivity contribution in [2.24, 2.45) is 11.1 Å². The highest BCUT2D eigenvalue weighted by Gasteiger charge is 2.35. The number of hydrogen-bond acceptors (Lipinski definition) is 3. The third kappa shape index (κ3) is 2.62. The highest BCUT2D eigenvalue weighted by molar-refractivity contribution is 5.52. The molecule has 1 spiro atoms. The fourth-order valence-corrected chi connectivity index (χ4v) is 3.90. The van der Waals surface area contributed by atoms with Crippen LogP contribution in [0.5, 0.6) is 0 Å². The molecule has 2 fully saturated rings. The Bertz CT molecular complexity index is 414. The van der Waals surface area contributed by atoms with E-state index in [0.717, 1.165) is 0 Å². The molecule has 0 unspecified atom stereocenters. The standard InChI is InChI=1S/C16H25N3/c17-12-14-4-9-18-13-15(14)19-10-7-16(8-11-19)5-2-1-3-6-16/h4,9,13H,1-3,5-8,10-12,17H2. The molecule has 1 saturated heterocycles. The van der Waals surface area contributed by atoms with Gasteiger partial charge in [0.15, 0.2) is 0 Å². The first-order valence-electron chi connectivity index (χ1n) is 7.71. The summed E-state index contributed by atoms with van der Waals surface area (Å²) in [4.78, 5) is 6.77. The predicted molar refractivity (Wildman–Crippen MR) is 79.1 cm³/mol. The largest absolute Gasteiger partial charge is 0.370 e. The molecule has 1 aromatic rings. The van der Waals surface area contributed by atoms with Gasteiger partial charge in [0.05, 0.1) is 11.9 Å². The Balaban J connectivity index is 1.69. The molecule has 3 nitrogen and oxygen atoms in total. The first kappa shape index (κ1) is 12.9. The zero-order valence-corrected chi connectivity index (χ0v) is 11.8. The normalized spacial score (nSPS) is 22.7. The van der Waals surface area contributed by atoms with Crippen LogP contribution in [0.2, 0.25) is 0 Å². The van der Waals surface area contributed by atoms with Gasteiger partial charge in [0, 0.05) is 25.8 Å². The number of aromatic nitrogens is 1. The van der Waals surface area contributed by atoms with Gasteiger partial charge in [0.25, 0.3) is 0 Å². The van der Waals surface area contributed by atoms with Gasteiger partial charge in [-0.3, -0.25) is 4.98 Å². The lowest BCUT2D eigenvalue weighted by atomic mass is 9.68. The summed E-state index contributed by atoms with van der Waals surface area (Å²) in [5.74, 6) is 0. The molecule has 0 amide bonds. The molecule has 0 atom stereocenters. The van der Waals surface area contributed by atoms with E-state index in [-0.39, 0.29) is 0 Å². The maximum absolute atomic E-state index is 5.84. The molecular formula is C16H25N3. The molecule has 2 aliphatic rings. The Morgan fingerprint density at radius 2 is 1.84 bits per heavy atom. The maximum atomic E-state index is 5.84. The molecule has 0 radical (unpaired) electrons. The van der Waals surface area contributed by atoms with Gasteiger partial charge >= 0.3 is 0 Å². The van der Waals surface area contributed by atoms with Crippen LogP contribution in [0, 0.1) is 5.41 Å². The second-order valence-electron chi connectivity index (χ2n) is 6.26. The van der Waals surface area contributed by atoms with E-state index in [9.17, 15) is 0 Å². The number of pyridine rings is 1. The highest BCUT2D eigenvalue weighted by atomic mass is 15.1. The fraction of sp³-hybridized carbons (Fsp3) is 0.688. The molecule has 1 aliphatic carbocycles. The zero-order valence-electron chi connectivity index (χ0n) is 11.8. The molecular weight excluding hydrogens is 234 g/mol. The minimum atomic E-state index is 0.611. The summed E-state index contributed by atoms with van der Waals surface area (Å²) in [7, 11) is 0. The first-order chi connectivity index (χ1) is 9.33. The molecule has 104 valence electrons. The third-order valence-electron chi connectivity index (χ3n) is 5.19. The molecule has 2 N–H and O–H groups in total. The van der Waals surface area contributed by atoms with Gasteiger partial charge in [-0.05, 0) is 42.7 Å². The van der Waals surface area contributed by atoms with Gasteiger partial charge in [-0.1, -0.05) is 19.3 Å². The van der Waals surface area contributed by atoms with Crippen molar-refractivity contribution >= 4 is 5.69 Å². The lowest BCUT2D eigenvalue weighted by Crippen LogP contribution is -2.41. The van der Waals surface area contributed by atoms with Crippen LogP contribution >= 0.6 is 0 Å². The van der Waals surface area contributed by atoms with Gasteiger partial charge < -0.3 is 10.6 Å². The zero-order chi connectivity index (χ0) is 13.1. The van der Waals surface area contributed by atoms with E-state index in [0.29, 0.717) is 12.0 Å². The molecule has 1 aliphatic heterocycles. The van der Waals surface area contributed by atoms with E-state index < -0.39 is 0 Å². The summed E-state index contributed by atoms with van der Waals surface area (Å²) in [5.41, 5.74) is 9.00. The first-order valence-corrected chi connectivity index (χ1v) is 7.71. The monoisotopic (exact) mass is 259 g/mol. The van der Waals surface area contributed by atoms with Crippen LogP contribution < -0.4 is 10.6 Å². The van der Waals surface area contributed by atoms with Crippen molar-refractivity contribution in [1.29, 1.82) is 0 Å². The predicted octanol–water partition coefficient (Wildman–Crippen LogP) is 3.09. The van der Waals surface area contributed by atoms with Crippen molar-refractivity contribution in [1.82, 2.24) is 4.98 Å². The summed E-state index contributed by atoms with van der Waals surface area (Å²) >= 11 is 0. The van der Waals surface area contributed by atoms with Crippen LogP contribution in [0.15, 0.2) is 18.5 Å². The Labute approximate surface area is 116 Å². The summed E-state index contributed by atoms with van der Waals surface area (Å²) in [6, 6.07) is 2.06. The van der Waals surface area contributed by atoms with Crippen molar-refractivity contribution < 1.29 is 0 Å². The Morgan fingerprint density at radius 3 is 2.53 bits per heavy atom. The Morgan fingerprint density at radius 1 is 1.11 bits per heavy atom. The topological polar surface area (TPSA) is 42.1 Å². The molecule has 0 bridgehead atoms. The molecule has 19 heavy (non-hydrogen) atoms. The third-order valence-corrected chi connectivity index (χ3v) is 5.19. The van der Waals surface area contributed by atoms with Crippen LogP contribution in [0.3, 0.4) is 0 Å². The van der Waals surface area contributed by atoms with Gasteiger partial charge in [-0.15, -0.1) is 0 Å². The minimum absolute atomic E-state index is 0.611. The van der Waals surface area contributed by atoms with Crippen molar-refractivity contribution in [3.63, 3.8) is 0 Å². The van der Waals surface area contributed by atoms with Gasteiger partial charge in [-0.2, -0.15) is 0 Å². The summed E-state index contributed by atoms with van der Waals surface area (Å²) in [6.07, 6.45) is 13.8. The SMILES string of the molecule is NCc1ccncc1N1CCC2(CCCCC2)CC1. The fourth-order valence-electron chi connectivity index (χ4n) is 3.90. The van der Waals surface area contributed by atoms with Crippen LogP contribution in [-0.4, -0.2) is 18.1 Å². The second kappa shape index (κ2) is 5.49. The average molecular weight is 259 g/mol. The van der Waals surface area contributed by atoms with Crippen molar-refractivity contribution in [3.05, 3.63) is 24.0 Å². The van der Waals surface area contributed by atoms with E-state index in [2.05, 4.69) is 16.0 Å². The number of nitrogens with two attached hydrogens (primary N) is 1. The number of nitrogens with zero attached hydrogens (tertiary/aromatic N) is 2. The summed E-state index contributed by atoms with van der Waals surface area (Å²) < 4.78 is 0. The number of hydrogen-bond donors (Lipinski definition) is 1. The van der Waals surface area contributed by atoms with Crippen LogP contribution in [0.4, 0.5) is 5.69 Å². The minimum Gasteiger partial charge on any atom is -0.370 e. The Hall–Kier alpha value is -1.09. The van der Waals surface area contributed by atoms with E-state index in [1.807, 2.05) is 12.4 Å². The quantitative estimate of drug-likeness (QED) is 0.887. The molecule has 1 aromatic heterocycles. The number of rotatable bonds is 2. The summed E-state index contributed by atoms with van der Waals surface area (Å²) in [5, 5.41) is 0. The van der Waals surface area contributed by atoms with Crippen LogP contribution in [0.1, 0.15) is 50.5 Å². The molecule has 3 heteroatoms. The average Bonchev–Trinajstić information content (AvgIpc) is 2.49. The Kier molecular flexibility index (Phi) is 3.74. The van der Waals surface area contributed by atoms with Gasteiger partial charge in [0.2, 0.25) is 0 Å². The highest BCUT2D eigenvalue weighted by Crippen LogP contribution is 2.45. The van der Waals surface area contributed by atoms with E-state index in [1.165, 1.54) is 69.3 Å². The molecule has 3 rings (SSSR count). The van der Waals surface area contributed by atoms with Gasteiger partial charge in [-0.25, -0.2) is 0 Å². The lowest BCUT2D eigenvalue weighted by Gasteiger charge is -2.45. The van der Waals surface area contributed by atoms with Crippen molar-refractivity contribution in [2.75, 3.05) is 18.0 Å². The molecule has 1 saturated carbocycles. The van der Waals surface area contributed by atoms with Crippen LogP contribution in [0.25, 0.3) is 0 Å². The smallest absolute Gasteiger partial charge is 0.0598 e. The maximum Gasteiger partial charge on any atom is 0.0598 e. The lowest BCUT2D eigenvalue weighted by molar-refractivity contribution is 0.144. The van der Waals surface area contributed by atoms with Crippen molar-refractivity contribution in [2.45, 2.75) is 51.5 Å².